The van der Waals surface area contributed by atoms with E-state index in [0.29, 0.717) is 4.31 Å². The number of sulfonamides is 1. The molecule has 1 saturated heterocycles. The topological polar surface area (TPSA) is 71.5 Å². The Labute approximate surface area is 175 Å². The number of aryl methyl sites for hydroxylation is 2. The van der Waals surface area contributed by atoms with Crippen LogP contribution in [0.2, 0.25) is 0 Å². The molecule has 2 bridgehead atoms. The first kappa shape index (κ1) is 19.0. The Kier molecular flexibility index (Phi) is 4.12. The Bertz CT molecular complexity index is 1190. The van der Waals surface area contributed by atoms with Gasteiger partial charge in [0.15, 0.2) is 0 Å². The van der Waals surface area contributed by atoms with Crippen molar-refractivity contribution in [3.05, 3.63) is 82.9 Å². The number of hydrogen-bond acceptors (Lipinski definition) is 4. The molecule has 2 fully saturated rings. The van der Waals surface area contributed by atoms with Crippen LogP contribution in [0.5, 0.6) is 0 Å². The summed E-state index contributed by atoms with van der Waals surface area (Å²) in [6.45, 7) is 3.86. The molecule has 3 aliphatic rings. The van der Waals surface area contributed by atoms with Gasteiger partial charge in [-0.05, 0) is 31.5 Å². The highest BCUT2D eigenvalue weighted by molar-refractivity contribution is 7.90. The van der Waals surface area contributed by atoms with E-state index in [2.05, 4.69) is 0 Å². The third kappa shape index (κ3) is 2.63. The van der Waals surface area contributed by atoms with Crippen molar-refractivity contribution in [2.75, 3.05) is 0 Å². The van der Waals surface area contributed by atoms with Gasteiger partial charge in [0.25, 0.3) is 10.0 Å². The molecule has 5 rings (SSSR count). The van der Waals surface area contributed by atoms with Crippen LogP contribution >= 0.6 is 0 Å². The summed E-state index contributed by atoms with van der Waals surface area (Å²) in [6.07, 6.45) is 5.92. The van der Waals surface area contributed by atoms with E-state index in [1.165, 1.54) is 12.1 Å². The number of benzene rings is 2. The summed E-state index contributed by atoms with van der Waals surface area (Å²) >= 11 is 0. The van der Waals surface area contributed by atoms with Crippen molar-refractivity contribution < 1.29 is 18.0 Å². The van der Waals surface area contributed by atoms with Gasteiger partial charge in [0, 0.05) is 11.8 Å². The van der Waals surface area contributed by atoms with E-state index in [4.69, 9.17) is 0 Å². The van der Waals surface area contributed by atoms with Crippen molar-refractivity contribution in [2.45, 2.75) is 18.7 Å². The van der Waals surface area contributed by atoms with Crippen LogP contribution in [0.3, 0.4) is 0 Å². The van der Waals surface area contributed by atoms with Gasteiger partial charge in [0.05, 0.1) is 16.7 Å². The summed E-state index contributed by atoms with van der Waals surface area (Å²) in [5, 5.41) is 0. The van der Waals surface area contributed by atoms with Crippen molar-refractivity contribution in [3.8, 4) is 0 Å². The fourth-order valence-corrected chi connectivity index (χ4v) is 6.29. The van der Waals surface area contributed by atoms with Gasteiger partial charge < -0.3 is 0 Å². The lowest BCUT2D eigenvalue weighted by Crippen LogP contribution is -2.38. The minimum atomic E-state index is -4.21. The monoisotopic (exact) mass is 419 g/mol. The predicted octanol–water partition coefficient (Wildman–Crippen LogP) is 3.49. The highest BCUT2D eigenvalue weighted by Gasteiger charge is 2.64. The summed E-state index contributed by atoms with van der Waals surface area (Å²) < 4.78 is 26.7. The molecule has 0 spiro atoms. The number of carbonyl (C=O) groups excluding carboxylic acids is 2. The maximum atomic E-state index is 13.2. The molecule has 0 unspecified atom stereocenters. The summed E-state index contributed by atoms with van der Waals surface area (Å²) in [5.74, 6) is -3.00. The molecule has 1 heterocycles. The van der Waals surface area contributed by atoms with E-state index >= 15 is 0 Å². The maximum Gasteiger partial charge on any atom is 0.273 e. The molecule has 6 heteroatoms. The first-order chi connectivity index (χ1) is 14.3. The first-order valence-electron chi connectivity index (χ1n) is 9.95. The molecule has 2 aromatic carbocycles. The van der Waals surface area contributed by atoms with E-state index < -0.39 is 33.7 Å². The highest BCUT2D eigenvalue weighted by atomic mass is 32.2. The van der Waals surface area contributed by atoms with Gasteiger partial charge in [0.2, 0.25) is 11.8 Å². The van der Waals surface area contributed by atoms with E-state index in [1.54, 1.807) is 12.1 Å². The second kappa shape index (κ2) is 6.51. The number of nitrogens with zero attached hydrogens (tertiary/aromatic N) is 1. The number of imide groups is 1. The molecule has 30 heavy (non-hydrogen) atoms. The Morgan fingerprint density at radius 3 is 1.73 bits per heavy atom. The Morgan fingerprint density at radius 1 is 0.767 bits per heavy atom. The van der Waals surface area contributed by atoms with Crippen LogP contribution in [0, 0.1) is 37.5 Å². The summed E-state index contributed by atoms with van der Waals surface area (Å²) in [7, 11) is -4.21. The summed E-state index contributed by atoms with van der Waals surface area (Å²) in [6, 6.07) is 14.2. The molecule has 0 aromatic heterocycles. The van der Waals surface area contributed by atoms with E-state index in [1.807, 2.05) is 56.3 Å². The number of rotatable bonds is 3. The van der Waals surface area contributed by atoms with Gasteiger partial charge in [-0.2, -0.15) is 4.31 Å². The van der Waals surface area contributed by atoms with Crippen molar-refractivity contribution in [2.24, 2.45) is 23.7 Å². The molecule has 1 saturated carbocycles. The number of amides is 2. The predicted molar refractivity (Wildman–Crippen MR) is 112 cm³/mol. The van der Waals surface area contributed by atoms with Gasteiger partial charge in [0.1, 0.15) is 0 Å². The van der Waals surface area contributed by atoms with Gasteiger partial charge in [-0.3, -0.25) is 9.59 Å². The van der Waals surface area contributed by atoms with Gasteiger partial charge in [-0.25, -0.2) is 8.42 Å². The number of hydrogen-bond donors (Lipinski definition) is 0. The second-order valence-corrected chi connectivity index (χ2v) is 10.1. The zero-order valence-electron chi connectivity index (χ0n) is 16.6. The lowest BCUT2D eigenvalue weighted by Gasteiger charge is -2.18. The number of carbonyl (C=O) groups is 2. The molecule has 0 N–H and O–H groups in total. The molecule has 5 nitrogen and oxygen atoms in total. The fourth-order valence-electron chi connectivity index (χ4n) is 4.88. The van der Waals surface area contributed by atoms with Crippen molar-refractivity contribution >= 4 is 27.9 Å². The fraction of sp³-hybridized carbons (Fsp3) is 0.250. The largest absolute Gasteiger partial charge is 0.273 e. The SMILES string of the molecule is Cc1ccc(C=C2[C@H]3C=C[C@@H]2[C@H]2C(=O)N(S(=O)(=O)c4ccc(C)cc4)C(=O)[C@H]23)cc1. The van der Waals surface area contributed by atoms with Crippen LogP contribution in [0.15, 0.2) is 71.2 Å². The Balaban J connectivity index is 1.50. The molecule has 1 aliphatic heterocycles. The van der Waals surface area contributed by atoms with Crippen LogP contribution < -0.4 is 0 Å². The average molecular weight is 420 g/mol. The van der Waals surface area contributed by atoms with Crippen LogP contribution in [0.1, 0.15) is 16.7 Å². The molecule has 0 radical (unpaired) electrons. The maximum absolute atomic E-state index is 13.2. The Hall–Kier alpha value is -2.99. The third-order valence-electron chi connectivity index (χ3n) is 6.40. The van der Waals surface area contributed by atoms with Gasteiger partial charge in [-0.1, -0.05) is 71.3 Å². The standard InChI is InChI=1S/C24H21NO4S/c1-14-3-7-16(8-4-14)13-20-18-11-12-19(20)22-21(18)23(26)25(24(22)27)30(28,29)17-9-5-15(2)6-10-17/h3-13,18-19,21-22H,1-2H3/t18-,19+,21+,22-. The Morgan fingerprint density at radius 2 is 1.23 bits per heavy atom. The van der Waals surface area contributed by atoms with Crippen molar-refractivity contribution in [1.29, 1.82) is 0 Å². The van der Waals surface area contributed by atoms with Gasteiger partial charge >= 0.3 is 0 Å². The average Bonchev–Trinajstić information content (AvgIpc) is 3.33. The summed E-state index contributed by atoms with van der Waals surface area (Å²) in [5.41, 5.74) is 4.09. The lowest BCUT2D eigenvalue weighted by atomic mass is 9.85. The molecule has 152 valence electrons. The highest BCUT2D eigenvalue weighted by Crippen LogP contribution is 2.56. The minimum Gasteiger partial charge on any atom is -0.273 e. The molecular weight excluding hydrogens is 398 g/mol. The van der Waals surface area contributed by atoms with Crippen LogP contribution in [0.4, 0.5) is 0 Å². The van der Waals surface area contributed by atoms with E-state index in [0.717, 1.165) is 22.3 Å². The van der Waals surface area contributed by atoms with Crippen molar-refractivity contribution in [1.82, 2.24) is 4.31 Å². The first-order valence-corrected chi connectivity index (χ1v) is 11.4. The normalized spacial score (nSPS) is 28.6. The third-order valence-corrected chi connectivity index (χ3v) is 8.11. The number of fused-ring (bicyclic) bond motifs is 5. The molecule has 2 amide bonds. The van der Waals surface area contributed by atoms with Crippen LogP contribution in [-0.4, -0.2) is 24.5 Å². The zero-order chi connectivity index (χ0) is 21.2. The molecule has 2 aromatic rings. The quantitative estimate of drug-likeness (QED) is 0.564. The minimum absolute atomic E-state index is 0.0366. The van der Waals surface area contributed by atoms with Crippen LogP contribution in [-0.2, 0) is 19.6 Å². The molecular formula is C24H21NO4S. The summed E-state index contributed by atoms with van der Waals surface area (Å²) in [4.78, 5) is 26.3. The second-order valence-electron chi connectivity index (χ2n) is 8.30. The molecule has 4 atom stereocenters. The molecule has 2 aliphatic carbocycles. The zero-order valence-corrected chi connectivity index (χ0v) is 17.5. The van der Waals surface area contributed by atoms with Gasteiger partial charge in [-0.15, -0.1) is 0 Å². The smallest absolute Gasteiger partial charge is 0.273 e. The van der Waals surface area contributed by atoms with Crippen molar-refractivity contribution in [3.63, 3.8) is 0 Å². The lowest BCUT2D eigenvalue weighted by molar-refractivity contribution is -0.134. The van der Waals surface area contributed by atoms with E-state index in [-0.39, 0.29) is 16.7 Å². The van der Waals surface area contributed by atoms with E-state index in [9.17, 15) is 18.0 Å². The number of allylic oxidation sites excluding steroid dienone is 3. The van der Waals surface area contributed by atoms with Crippen LogP contribution in [0.25, 0.3) is 6.08 Å².